The van der Waals surface area contributed by atoms with Gasteiger partial charge in [-0.05, 0) is 36.8 Å². The molecule has 2 aromatic carbocycles. The first-order chi connectivity index (χ1) is 12.6. The molecule has 0 spiro atoms. The highest BCUT2D eigenvalue weighted by atomic mass is 35.5. The average Bonchev–Trinajstić information content (AvgIpc) is 2.66. The Kier molecular flexibility index (Phi) is 7.83. The van der Waals surface area contributed by atoms with Crippen LogP contribution in [0.3, 0.4) is 0 Å². The number of methoxy groups -OCH3 is 1. The van der Waals surface area contributed by atoms with Crippen molar-refractivity contribution in [3.8, 4) is 5.75 Å². The molecular formula is C20H25ClF2N2O2. The molecule has 1 saturated heterocycles. The summed E-state index contributed by atoms with van der Waals surface area (Å²) in [6.07, 6.45) is -0.0683. The number of rotatable bonds is 6. The molecule has 1 aliphatic rings. The summed E-state index contributed by atoms with van der Waals surface area (Å²) in [6.45, 7) is 4.37. The first-order valence-corrected chi connectivity index (χ1v) is 8.75. The number of hydrogen-bond acceptors (Lipinski definition) is 4. The van der Waals surface area contributed by atoms with Gasteiger partial charge in [0.05, 0.1) is 25.5 Å². The smallest absolute Gasteiger partial charge is 0.149 e. The van der Waals surface area contributed by atoms with Gasteiger partial charge in [0.1, 0.15) is 17.4 Å². The lowest BCUT2D eigenvalue weighted by atomic mass is 10.1. The summed E-state index contributed by atoms with van der Waals surface area (Å²) < 4.78 is 38.2. The zero-order valence-corrected chi connectivity index (χ0v) is 16.3. The number of benzene rings is 2. The van der Waals surface area contributed by atoms with Crippen LogP contribution in [0.4, 0.5) is 14.5 Å². The predicted octanol–water partition coefficient (Wildman–Crippen LogP) is 3.95. The highest BCUT2D eigenvalue weighted by molar-refractivity contribution is 5.85. The van der Waals surface area contributed by atoms with Crippen LogP contribution in [-0.4, -0.2) is 39.5 Å². The van der Waals surface area contributed by atoms with Gasteiger partial charge in [-0.25, -0.2) is 8.78 Å². The van der Waals surface area contributed by atoms with Crippen LogP contribution in [0.15, 0.2) is 42.5 Å². The molecule has 0 amide bonds. The van der Waals surface area contributed by atoms with Crippen LogP contribution in [-0.2, 0) is 4.74 Å². The molecule has 0 bridgehead atoms. The van der Waals surface area contributed by atoms with Crippen molar-refractivity contribution in [2.45, 2.75) is 19.1 Å². The molecule has 148 valence electrons. The molecule has 0 saturated carbocycles. The number of ether oxygens (including phenoxy) is 2. The van der Waals surface area contributed by atoms with Gasteiger partial charge < -0.3 is 19.7 Å². The van der Waals surface area contributed by atoms with Gasteiger partial charge in [0.15, 0.2) is 0 Å². The van der Waals surface area contributed by atoms with Gasteiger partial charge in [-0.3, -0.25) is 0 Å². The van der Waals surface area contributed by atoms with Crippen LogP contribution in [0.1, 0.15) is 18.5 Å². The molecule has 0 radical (unpaired) electrons. The number of nitrogens with zero attached hydrogens (tertiary/aromatic N) is 1. The van der Waals surface area contributed by atoms with E-state index >= 15 is 0 Å². The van der Waals surface area contributed by atoms with Crippen LogP contribution in [0.2, 0.25) is 0 Å². The molecule has 2 aromatic rings. The fourth-order valence-electron chi connectivity index (χ4n) is 3.14. The molecule has 0 aliphatic carbocycles. The molecule has 27 heavy (non-hydrogen) atoms. The highest BCUT2D eigenvalue weighted by Crippen LogP contribution is 2.23. The number of nitrogens with one attached hydrogen (secondary N) is 1. The largest absolute Gasteiger partial charge is 0.497 e. The van der Waals surface area contributed by atoms with Crippen molar-refractivity contribution in [1.82, 2.24) is 5.32 Å². The van der Waals surface area contributed by atoms with Crippen molar-refractivity contribution in [3.63, 3.8) is 0 Å². The van der Waals surface area contributed by atoms with E-state index in [2.05, 4.69) is 12.2 Å². The quantitative estimate of drug-likeness (QED) is 0.798. The Morgan fingerprint density at radius 3 is 2.81 bits per heavy atom. The Bertz CT molecular complexity index is 748. The first-order valence-electron chi connectivity index (χ1n) is 8.75. The van der Waals surface area contributed by atoms with Gasteiger partial charge in [-0.15, -0.1) is 12.4 Å². The van der Waals surface area contributed by atoms with Crippen molar-refractivity contribution < 1.29 is 18.3 Å². The lowest BCUT2D eigenvalue weighted by Gasteiger charge is -2.35. The van der Waals surface area contributed by atoms with Crippen LogP contribution < -0.4 is 15.0 Å². The summed E-state index contributed by atoms with van der Waals surface area (Å²) in [5.74, 6) is -0.281. The summed E-state index contributed by atoms with van der Waals surface area (Å²) in [5.41, 5.74) is 1.54. The Labute approximate surface area is 164 Å². The number of morpholine rings is 1. The Morgan fingerprint density at radius 1 is 1.26 bits per heavy atom. The summed E-state index contributed by atoms with van der Waals surface area (Å²) >= 11 is 0. The zero-order valence-electron chi connectivity index (χ0n) is 15.5. The minimum absolute atomic E-state index is 0. The summed E-state index contributed by atoms with van der Waals surface area (Å²) in [7, 11) is 1.65. The molecule has 1 N–H and O–H groups in total. The standard InChI is InChI=1S/C20H24F2N2O2.ClH/c1-14(15-4-3-5-17(10-15)25-2)23-12-18-13-24(8-9-26-18)20-7-6-16(21)11-19(20)22;/h3-7,10-11,14,18,23H,8-9,12-13H2,1-2H3;1H/t14-,18?;/m1./s1. The molecule has 0 aromatic heterocycles. The molecule has 4 nitrogen and oxygen atoms in total. The number of anilines is 1. The lowest BCUT2D eigenvalue weighted by Crippen LogP contribution is -2.47. The topological polar surface area (TPSA) is 33.7 Å². The maximum atomic E-state index is 14.0. The molecule has 1 heterocycles. The van der Waals surface area contributed by atoms with Crippen LogP contribution >= 0.6 is 12.4 Å². The fraction of sp³-hybridized carbons (Fsp3) is 0.400. The van der Waals surface area contributed by atoms with Crippen molar-refractivity contribution >= 4 is 18.1 Å². The third-order valence-corrected chi connectivity index (χ3v) is 4.63. The molecule has 2 atom stereocenters. The zero-order chi connectivity index (χ0) is 18.5. The SMILES string of the molecule is COc1cccc([C@@H](C)NCC2CN(c3ccc(F)cc3F)CCO2)c1.Cl. The van der Waals surface area contributed by atoms with E-state index in [0.29, 0.717) is 31.9 Å². The molecule has 7 heteroatoms. The van der Waals surface area contributed by atoms with Gasteiger partial charge in [0.2, 0.25) is 0 Å². The summed E-state index contributed by atoms with van der Waals surface area (Å²) in [5, 5.41) is 3.45. The third-order valence-electron chi connectivity index (χ3n) is 4.63. The second-order valence-corrected chi connectivity index (χ2v) is 6.44. The van der Waals surface area contributed by atoms with Crippen molar-refractivity contribution in [3.05, 3.63) is 59.7 Å². The maximum absolute atomic E-state index is 14.0. The van der Waals surface area contributed by atoms with E-state index in [1.807, 2.05) is 29.2 Å². The van der Waals surface area contributed by atoms with E-state index < -0.39 is 11.6 Å². The normalized spacial score (nSPS) is 17.9. The Morgan fingerprint density at radius 2 is 2.07 bits per heavy atom. The Balaban J connectivity index is 0.00000261. The van der Waals surface area contributed by atoms with Crippen LogP contribution in [0, 0.1) is 11.6 Å². The van der Waals surface area contributed by atoms with E-state index in [1.54, 1.807) is 7.11 Å². The van der Waals surface area contributed by atoms with E-state index in [4.69, 9.17) is 9.47 Å². The first kappa shape index (κ1) is 21.4. The molecule has 1 unspecified atom stereocenters. The number of halogens is 3. The van der Waals surface area contributed by atoms with Gasteiger partial charge >= 0.3 is 0 Å². The average molecular weight is 399 g/mol. The minimum atomic E-state index is -0.565. The molecule has 3 rings (SSSR count). The van der Waals surface area contributed by atoms with Crippen LogP contribution in [0.5, 0.6) is 5.75 Å². The van der Waals surface area contributed by atoms with Gasteiger partial charge in [-0.1, -0.05) is 12.1 Å². The van der Waals surface area contributed by atoms with Crippen molar-refractivity contribution in [2.75, 3.05) is 38.3 Å². The molecular weight excluding hydrogens is 374 g/mol. The van der Waals surface area contributed by atoms with E-state index in [1.165, 1.54) is 12.1 Å². The van der Waals surface area contributed by atoms with Gasteiger partial charge in [0.25, 0.3) is 0 Å². The number of hydrogen-bond donors (Lipinski definition) is 1. The van der Waals surface area contributed by atoms with E-state index in [0.717, 1.165) is 17.4 Å². The summed E-state index contributed by atoms with van der Waals surface area (Å²) in [4.78, 5) is 1.90. The predicted molar refractivity (Wildman–Crippen MR) is 105 cm³/mol. The van der Waals surface area contributed by atoms with Crippen molar-refractivity contribution in [2.24, 2.45) is 0 Å². The second-order valence-electron chi connectivity index (χ2n) is 6.44. The van der Waals surface area contributed by atoms with Gasteiger partial charge in [-0.2, -0.15) is 0 Å². The summed E-state index contributed by atoms with van der Waals surface area (Å²) in [6, 6.07) is 11.7. The molecule has 1 aliphatic heterocycles. The maximum Gasteiger partial charge on any atom is 0.149 e. The third kappa shape index (κ3) is 5.54. The fourth-order valence-corrected chi connectivity index (χ4v) is 3.14. The highest BCUT2D eigenvalue weighted by Gasteiger charge is 2.23. The van der Waals surface area contributed by atoms with Gasteiger partial charge in [0, 0.05) is 31.7 Å². The van der Waals surface area contributed by atoms with Crippen molar-refractivity contribution in [1.29, 1.82) is 0 Å². The molecule has 1 fully saturated rings. The van der Waals surface area contributed by atoms with Crippen LogP contribution in [0.25, 0.3) is 0 Å². The minimum Gasteiger partial charge on any atom is -0.497 e. The lowest BCUT2D eigenvalue weighted by molar-refractivity contribution is 0.0392. The Hall–Kier alpha value is -1.89. The monoisotopic (exact) mass is 398 g/mol. The second kappa shape index (κ2) is 9.88. The van der Waals surface area contributed by atoms with E-state index in [9.17, 15) is 8.78 Å². The van der Waals surface area contributed by atoms with E-state index in [-0.39, 0.29) is 24.6 Å².